The zero-order valence-corrected chi connectivity index (χ0v) is 9.24. The fraction of sp³-hybridized carbons (Fsp3) is 0.500. The van der Waals surface area contributed by atoms with Gasteiger partial charge in [0.25, 0.3) is 0 Å². The number of primary amides is 1. The molecule has 0 bridgehead atoms. The van der Waals surface area contributed by atoms with Crippen LogP contribution in [0.4, 0.5) is 4.79 Å². The van der Waals surface area contributed by atoms with Crippen LogP contribution in [0.3, 0.4) is 0 Å². The highest BCUT2D eigenvalue weighted by Gasteiger charge is 2.19. The molecule has 0 unspecified atom stereocenters. The van der Waals surface area contributed by atoms with Crippen molar-refractivity contribution >= 4 is 6.03 Å². The van der Waals surface area contributed by atoms with Crippen LogP contribution < -0.4 is 11.1 Å². The molecule has 1 aromatic heterocycles. The van der Waals surface area contributed by atoms with Gasteiger partial charge < -0.3 is 11.1 Å². The van der Waals surface area contributed by atoms with Crippen molar-refractivity contribution < 1.29 is 4.79 Å². The summed E-state index contributed by atoms with van der Waals surface area (Å²) in [6.45, 7) is 6.54. The average molecular weight is 208 g/mol. The zero-order chi connectivity index (χ0) is 11.5. The van der Waals surface area contributed by atoms with Crippen LogP contribution in [0, 0.1) is 0 Å². The first kappa shape index (κ1) is 11.4. The number of carbonyl (C=O) groups excluding carboxylic acids is 1. The number of nitrogens with two attached hydrogens (primary N) is 1. The first-order valence-corrected chi connectivity index (χ1v) is 4.74. The maximum atomic E-state index is 10.6. The normalized spacial score (nSPS) is 11.1. The highest BCUT2D eigenvalue weighted by atomic mass is 16.2. The number of aromatic nitrogens is 2. The smallest absolute Gasteiger partial charge is 0.312 e. The Morgan fingerprint density at radius 3 is 2.73 bits per heavy atom. The van der Waals surface area contributed by atoms with Crippen LogP contribution in [0.15, 0.2) is 12.5 Å². The van der Waals surface area contributed by atoms with Crippen molar-refractivity contribution in [3.05, 3.63) is 23.8 Å². The van der Waals surface area contributed by atoms with E-state index in [1.54, 1.807) is 6.20 Å². The lowest BCUT2D eigenvalue weighted by Gasteiger charge is -2.20. The Morgan fingerprint density at radius 2 is 2.20 bits per heavy atom. The Kier molecular flexibility index (Phi) is 3.24. The molecule has 1 rings (SSSR count). The van der Waals surface area contributed by atoms with Crippen molar-refractivity contribution in [3.63, 3.8) is 0 Å². The topological polar surface area (TPSA) is 80.9 Å². The molecule has 5 nitrogen and oxygen atoms in total. The number of rotatable bonds is 2. The third-order valence-electron chi connectivity index (χ3n) is 1.95. The van der Waals surface area contributed by atoms with Crippen molar-refractivity contribution in [2.24, 2.45) is 5.73 Å². The van der Waals surface area contributed by atoms with Gasteiger partial charge in [0, 0.05) is 23.7 Å². The lowest BCUT2D eigenvalue weighted by molar-refractivity contribution is 0.248. The molecule has 0 spiro atoms. The highest BCUT2D eigenvalue weighted by molar-refractivity contribution is 5.71. The molecule has 0 fully saturated rings. The van der Waals surface area contributed by atoms with Crippen molar-refractivity contribution in [2.75, 3.05) is 0 Å². The first-order valence-electron chi connectivity index (χ1n) is 4.74. The summed E-state index contributed by atoms with van der Waals surface area (Å²) in [6.07, 6.45) is 3.21. The number of carbonyl (C=O) groups is 1. The predicted molar refractivity (Wildman–Crippen MR) is 57.2 cm³/mol. The molecule has 2 amide bonds. The second-order valence-electron chi connectivity index (χ2n) is 4.36. The molecule has 0 aliphatic rings. The summed E-state index contributed by atoms with van der Waals surface area (Å²) in [6, 6.07) is -0.543. The number of nitrogens with zero attached hydrogens (tertiary/aromatic N) is 2. The van der Waals surface area contributed by atoms with E-state index < -0.39 is 6.03 Å². The van der Waals surface area contributed by atoms with Gasteiger partial charge in [-0.2, -0.15) is 0 Å². The molecular weight excluding hydrogens is 192 g/mol. The predicted octanol–water partition coefficient (Wildman–Crippen LogP) is 0.942. The Hall–Kier alpha value is -1.65. The van der Waals surface area contributed by atoms with Gasteiger partial charge in [-0.15, -0.1) is 0 Å². The largest absolute Gasteiger partial charge is 0.352 e. The summed E-state index contributed by atoms with van der Waals surface area (Å²) in [5, 5.41) is 2.53. The number of nitrogens with one attached hydrogen (secondary N) is 1. The fourth-order valence-corrected chi connectivity index (χ4v) is 1.35. The molecule has 82 valence electrons. The lowest BCUT2D eigenvalue weighted by atomic mass is 9.89. The fourth-order valence-electron chi connectivity index (χ4n) is 1.35. The minimum atomic E-state index is -0.543. The van der Waals surface area contributed by atoms with Gasteiger partial charge in [-0.1, -0.05) is 20.8 Å². The number of hydrogen-bond donors (Lipinski definition) is 2. The number of urea groups is 1. The Morgan fingerprint density at radius 1 is 1.53 bits per heavy atom. The van der Waals surface area contributed by atoms with Crippen molar-refractivity contribution in [1.82, 2.24) is 15.3 Å². The molecule has 1 aromatic rings. The van der Waals surface area contributed by atoms with Gasteiger partial charge in [0.15, 0.2) is 0 Å². The molecule has 15 heavy (non-hydrogen) atoms. The van der Waals surface area contributed by atoms with Crippen molar-refractivity contribution in [2.45, 2.75) is 32.7 Å². The third-order valence-corrected chi connectivity index (χ3v) is 1.95. The monoisotopic (exact) mass is 208 g/mol. The van der Waals surface area contributed by atoms with E-state index >= 15 is 0 Å². The summed E-state index contributed by atoms with van der Waals surface area (Å²) in [5.74, 6) is 0. The summed E-state index contributed by atoms with van der Waals surface area (Å²) in [5.41, 5.74) is 6.75. The Labute approximate surface area is 89.1 Å². The molecule has 0 radical (unpaired) electrons. The van der Waals surface area contributed by atoms with Crippen LogP contribution in [0.5, 0.6) is 0 Å². The SMILES string of the molecule is CC(C)(C)c1ncncc1CNC(N)=O. The minimum absolute atomic E-state index is 0.0718. The summed E-state index contributed by atoms with van der Waals surface area (Å²) in [4.78, 5) is 18.8. The standard InChI is InChI=1S/C10H16N4O/c1-10(2,3)8-7(4-12-6-14-8)5-13-9(11)15/h4,6H,5H2,1-3H3,(H3,11,13,15). The maximum Gasteiger partial charge on any atom is 0.312 e. The molecule has 1 heterocycles. The molecule has 0 aliphatic heterocycles. The van der Waals surface area contributed by atoms with E-state index in [9.17, 15) is 4.79 Å². The highest BCUT2D eigenvalue weighted by Crippen LogP contribution is 2.22. The van der Waals surface area contributed by atoms with Gasteiger partial charge in [-0.05, 0) is 0 Å². The van der Waals surface area contributed by atoms with E-state index in [1.165, 1.54) is 6.33 Å². The van der Waals surface area contributed by atoms with E-state index in [2.05, 4.69) is 36.1 Å². The Balaban J connectivity index is 2.92. The van der Waals surface area contributed by atoms with Crippen LogP contribution >= 0.6 is 0 Å². The molecule has 3 N–H and O–H groups in total. The van der Waals surface area contributed by atoms with Gasteiger partial charge in [0.05, 0.1) is 5.69 Å². The van der Waals surface area contributed by atoms with Gasteiger partial charge >= 0.3 is 6.03 Å². The van der Waals surface area contributed by atoms with E-state index in [1.807, 2.05) is 0 Å². The van der Waals surface area contributed by atoms with E-state index in [0.717, 1.165) is 11.3 Å². The molecule has 0 aliphatic carbocycles. The van der Waals surface area contributed by atoms with E-state index in [-0.39, 0.29) is 5.41 Å². The van der Waals surface area contributed by atoms with E-state index in [0.29, 0.717) is 6.54 Å². The molecule has 0 atom stereocenters. The van der Waals surface area contributed by atoms with Crippen LogP contribution in [0.25, 0.3) is 0 Å². The lowest BCUT2D eigenvalue weighted by Crippen LogP contribution is -2.30. The van der Waals surface area contributed by atoms with Gasteiger partial charge in [0.2, 0.25) is 0 Å². The van der Waals surface area contributed by atoms with Crippen LogP contribution in [0.1, 0.15) is 32.0 Å². The molecule has 0 saturated carbocycles. The molecule has 5 heteroatoms. The summed E-state index contributed by atoms with van der Waals surface area (Å²) in [7, 11) is 0. The van der Waals surface area contributed by atoms with Crippen molar-refractivity contribution in [1.29, 1.82) is 0 Å². The second-order valence-corrected chi connectivity index (χ2v) is 4.36. The average Bonchev–Trinajstić information content (AvgIpc) is 2.13. The first-order chi connectivity index (χ1) is 6.91. The van der Waals surface area contributed by atoms with Crippen LogP contribution in [-0.2, 0) is 12.0 Å². The molecular formula is C10H16N4O. The Bertz CT molecular complexity index is 357. The second kappa shape index (κ2) is 4.25. The van der Waals surface area contributed by atoms with Crippen LogP contribution in [0.2, 0.25) is 0 Å². The number of amides is 2. The van der Waals surface area contributed by atoms with E-state index in [4.69, 9.17) is 5.73 Å². The minimum Gasteiger partial charge on any atom is -0.352 e. The van der Waals surface area contributed by atoms with Gasteiger partial charge in [-0.3, -0.25) is 0 Å². The van der Waals surface area contributed by atoms with Crippen molar-refractivity contribution in [3.8, 4) is 0 Å². The summed E-state index contributed by atoms with van der Waals surface area (Å²) >= 11 is 0. The third kappa shape index (κ3) is 3.19. The molecule has 0 aromatic carbocycles. The van der Waals surface area contributed by atoms with Crippen LogP contribution in [-0.4, -0.2) is 16.0 Å². The zero-order valence-electron chi connectivity index (χ0n) is 9.24. The molecule has 0 saturated heterocycles. The van der Waals surface area contributed by atoms with Gasteiger partial charge in [0.1, 0.15) is 6.33 Å². The quantitative estimate of drug-likeness (QED) is 0.759. The summed E-state index contributed by atoms with van der Waals surface area (Å²) < 4.78 is 0. The number of hydrogen-bond acceptors (Lipinski definition) is 3. The maximum absolute atomic E-state index is 10.6. The van der Waals surface area contributed by atoms with Gasteiger partial charge in [-0.25, -0.2) is 14.8 Å².